The first-order chi connectivity index (χ1) is 9.24. The maximum absolute atomic E-state index is 4.01. The van der Waals surface area contributed by atoms with Crippen LogP contribution in [0.25, 0.3) is 0 Å². The fraction of sp³-hybridized carbons (Fsp3) is 1.00. The summed E-state index contributed by atoms with van der Waals surface area (Å²) in [6, 6.07) is 3.29. The predicted molar refractivity (Wildman–Crippen MR) is 81.4 cm³/mol. The Balaban J connectivity index is 1.51. The zero-order chi connectivity index (χ0) is 13.2. The maximum atomic E-state index is 4.01. The second kappa shape index (κ2) is 6.13. The molecule has 110 valence electrons. The molecule has 2 heteroatoms. The molecule has 2 unspecified atom stereocenters. The van der Waals surface area contributed by atoms with E-state index in [1.807, 2.05) is 0 Å². The molecule has 2 bridgehead atoms. The van der Waals surface area contributed by atoms with E-state index in [9.17, 15) is 0 Å². The van der Waals surface area contributed by atoms with Crippen LogP contribution in [0.15, 0.2) is 0 Å². The Morgan fingerprint density at radius 3 is 2.05 bits per heavy atom. The van der Waals surface area contributed by atoms with Gasteiger partial charge in [0.15, 0.2) is 0 Å². The van der Waals surface area contributed by atoms with Crippen LogP contribution < -0.4 is 5.32 Å². The van der Waals surface area contributed by atoms with E-state index in [2.05, 4.69) is 24.2 Å². The molecule has 0 spiro atoms. The Bertz CT molecular complexity index is 269. The molecule has 3 aliphatic rings. The lowest BCUT2D eigenvalue weighted by Gasteiger charge is -2.39. The Morgan fingerprint density at radius 2 is 1.47 bits per heavy atom. The highest BCUT2D eigenvalue weighted by atomic mass is 15.2. The van der Waals surface area contributed by atoms with E-state index in [4.69, 9.17) is 0 Å². The minimum absolute atomic E-state index is 0.742. The second-order valence-corrected chi connectivity index (χ2v) is 7.43. The summed E-state index contributed by atoms with van der Waals surface area (Å²) in [6.45, 7) is 2.45. The minimum atomic E-state index is 0.742. The monoisotopic (exact) mass is 264 g/mol. The second-order valence-electron chi connectivity index (χ2n) is 7.43. The zero-order valence-electron chi connectivity index (χ0n) is 12.9. The van der Waals surface area contributed by atoms with Gasteiger partial charge in [0.25, 0.3) is 0 Å². The van der Waals surface area contributed by atoms with Crippen LogP contribution in [0.1, 0.15) is 71.1 Å². The molecule has 19 heavy (non-hydrogen) atoms. The van der Waals surface area contributed by atoms with E-state index in [0.717, 1.165) is 30.1 Å². The molecule has 2 saturated heterocycles. The van der Waals surface area contributed by atoms with Crippen molar-refractivity contribution in [2.24, 2.45) is 5.92 Å². The average Bonchev–Trinajstić information content (AvgIpc) is 2.68. The maximum Gasteiger partial charge on any atom is 0.0111 e. The van der Waals surface area contributed by atoms with Gasteiger partial charge in [0.2, 0.25) is 0 Å². The molecule has 2 nitrogen and oxygen atoms in total. The molecule has 0 aromatic heterocycles. The molecule has 3 atom stereocenters. The Morgan fingerprint density at radius 1 is 0.895 bits per heavy atom. The molecule has 0 aromatic rings. The predicted octanol–water partition coefficient (Wildman–Crippen LogP) is 3.56. The highest BCUT2D eigenvalue weighted by Gasteiger charge is 2.38. The largest absolute Gasteiger partial charge is 0.311 e. The highest BCUT2D eigenvalue weighted by molar-refractivity contribution is 4.96. The number of hydrogen-bond acceptors (Lipinski definition) is 2. The zero-order valence-corrected chi connectivity index (χ0v) is 12.9. The summed E-state index contributed by atoms with van der Waals surface area (Å²) in [4.78, 5) is 2.65. The molecule has 1 N–H and O–H groups in total. The summed E-state index contributed by atoms with van der Waals surface area (Å²) in [7, 11) is 2.34. The third kappa shape index (κ3) is 3.16. The van der Waals surface area contributed by atoms with Gasteiger partial charge in [0, 0.05) is 24.2 Å². The lowest BCUT2D eigenvalue weighted by Crippen LogP contribution is -2.50. The summed E-state index contributed by atoms with van der Waals surface area (Å²) in [6.07, 6.45) is 14.5. The van der Waals surface area contributed by atoms with Crippen molar-refractivity contribution in [2.75, 3.05) is 7.05 Å². The van der Waals surface area contributed by atoms with Crippen molar-refractivity contribution >= 4 is 0 Å². The number of fused-ring (bicyclic) bond motifs is 2. The average molecular weight is 264 g/mol. The standard InChI is InChI=1S/C17H32N2/c1-13(14-7-5-3-4-6-8-14)18-15-11-16-9-10-17(12-15)19(16)2/h13-18H,3-12H2,1-2H3/t13-,15?,16?,17?/m1/s1. The first-order valence-corrected chi connectivity index (χ1v) is 8.72. The third-order valence-corrected chi connectivity index (χ3v) is 6.20. The molecule has 2 heterocycles. The smallest absolute Gasteiger partial charge is 0.0111 e. The van der Waals surface area contributed by atoms with Crippen LogP contribution >= 0.6 is 0 Å². The van der Waals surface area contributed by atoms with E-state index in [-0.39, 0.29) is 0 Å². The summed E-state index contributed by atoms with van der Waals surface area (Å²) >= 11 is 0. The number of hydrogen-bond donors (Lipinski definition) is 1. The molecule has 3 rings (SSSR count). The van der Waals surface area contributed by atoms with Crippen LogP contribution in [0.5, 0.6) is 0 Å². The van der Waals surface area contributed by atoms with Gasteiger partial charge in [-0.25, -0.2) is 0 Å². The van der Waals surface area contributed by atoms with Gasteiger partial charge in [-0.3, -0.25) is 0 Å². The number of nitrogens with one attached hydrogen (secondary N) is 1. The van der Waals surface area contributed by atoms with Crippen LogP contribution in [0.2, 0.25) is 0 Å². The van der Waals surface area contributed by atoms with Gasteiger partial charge in [-0.05, 0) is 58.4 Å². The number of piperidine rings is 1. The quantitative estimate of drug-likeness (QED) is 0.784. The first-order valence-electron chi connectivity index (χ1n) is 8.72. The van der Waals surface area contributed by atoms with Crippen molar-refractivity contribution in [2.45, 2.75) is 95.3 Å². The molecule has 1 saturated carbocycles. The normalized spacial score (nSPS) is 39.2. The summed E-state index contributed by atoms with van der Waals surface area (Å²) in [5.41, 5.74) is 0. The van der Waals surface area contributed by atoms with Crippen molar-refractivity contribution < 1.29 is 0 Å². The van der Waals surface area contributed by atoms with E-state index in [1.165, 1.54) is 64.2 Å². The van der Waals surface area contributed by atoms with E-state index in [0.29, 0.717) is 0 Å². The topological polar surface area (TPSA) is 15.3 Å². The van der Waals surface area contributed by atoms with Crippen molar-refractivity contribution in [1.29, 1.82) is 0 Å². The third-order valence-electron chi connectivity index (χ3n) is 6.20. The summed E-state index contributed by atoms with van der Waals surface area (Å²) in [5.74, 6) is 0.944. The van der Waals surface area contributed by atoms with Gasteiger partial charge in [0.1, 0.15) is 0 Å². The van der Waals surface area contributed by atoms with Crippen molar-refractivity contribution in [3.8, 4) is 0 Å². The minimum Gasteiger partial charge on any atom is -0.311 e. The molecule has 2 aliphatic heterocycles. The van der Waals surface area contributed by atoms with Gasteiger partial charge >= 0.3 is 0 Å². The number of nitrogens with zero attached hydrogens (tertiary/aromatic N) is 1. The van der Waals surface area contributed by atoms with Crippen LogP contribution in [-0.4, -0.2) is 36.1 Å². The van der Waals surface area contributed by atoms with Gasteiger partial charge in [-0.1, -0.05) is 25.7 Å². The molecular weight excluding hydrogens is 232 g/mol. The molecule has 0 aromatic carbocycles. The Hall–Kier alpha value is -0.0800. The Kier molecular flexibility index (Phi) is 4.48. The van der Waals surface area contributed by atoms with E-state index < -0.39 is 0 Å². The highest BCUT2D eigenvalue weighted by Crippen LogP contribution is 2.35. The molecule has 0 amide bonds. The molecule has 0 radical (unpaired) electrons. The van der Waals surface area contributed by atoms with Crippen LogP contribution in [0.3, 0.4) is 0 Å². The Labute approximate surface area is 119 Å². The van der Waals surface area contributed by atoms with Crippen LogP contribution in [-0.2, 0) is 0 Å². The lowest BCUT2D eigenvalue weighted by molar-refractivity contribution is 0.137. The van der Waals surface area contributed by atoms with E-state index >= 15 is 0 Å². The van der Waals surface area contributed by atoms with Crippen LogP contribution in [0.4, 0.5) is 0 Å². The molecular formula is C17H32N2. The lowest BCUT2D eigenvalue weighted by atomic mass is 9.90. The molecule has 3 fully saturated rings. The summed E-state index contributed by atoms with van der Waals surface area (Å²) < 4.78 is 0. The molecule has 1 aliphatic carbocycles. The van der Waals surface area contributed by atoms with Crippen LogP contribution in [0, 0.1) is 5.92 Å². The van der Waals surface area contributed by atoms with Crippen molar-refractivity contribution in [3.63, 3.8) is 0 Å². The van der Waals surface area contributed by atoms with E-state index in [1.54, 1.807) is 0 Å². The van der Waals surface area contributed by atoms with Crippen molar-refractivity contribution in [3.05, 3.63) is 0 Å². The van der Waals surface area contributed by atoms with Gasteiger partial charge in [-0.2, -0.15) is 0 Å². The fourth-order valence-corrected chi connectivity index (χ4v) is 4.87. The first kappa shape index (κ1) is 13.9. The fourth-order valence-electron chi connectivity index (χ4n) is 4.87. The van der Waals surface area contributed by atoms with Gasteiger partial charge in [-0.15, -0.1) is 0 Å². The number of rotatable bonds is 3. The van der Waals surface area contributed by atoms with Crippen molar-refractivity contribution in [1.82, 2.24) is 10.2 Å². The van der Waals surface area contributed by atoms with Gasteiger partial charge < -0.3 is 10.2 Å². The van der Waals surface area contributed by atoms with Gasteiger partial charge in [0.05, 0.1) is 0 Å². The summed E-state index contributed by atoms with van der Waals surface area (Å²) in [5, 5.41) is 4.01. The SMILES string of the molecule is C[C@@H](NC1CC2CCC(C1)N2C)C1CCCCCC1.